The summed E-state index contributed by atoms with van der Waals surface area (Å²) in [6.07, 6.45) is 7.30. The zero-order chi connectivity index (χ0) is 17.1. The molecule has 2 aromatic heterocycles. The quantitative estimate of drug-likeness (QED) is 0.864. The molecule has 0 unspecified atom stereocenters. The highest BCUT2D eigenvalue weighted by molar-refractivity contribution is 5.52. The Morgan fingerprint density at radius 1 is 0.920 bits per heavy atom. The molecule has 1 atom stereocenters. The summed E-state index contributed by atoms with van der Waals surface area (Å²) in [4.78, 5) is 24.2. The van der Waals surface area contributed by atoms with Gasteiger partial charge in [-0.05, 0) is 18.9 Å². The molecule has 4 heterocycles. The zero-order valence-corrected chi connectivity index (χ0v) is 14.2. The first-order chi connectivity index (χ1) is 12.3. The van der Waals surface area contributed by atoms with Gasteiger partial charge in [0, 0.05) is 51.2 Å². The fourth-order valence-electron chi connectivity index (χ4n) is 3.58. The van der Waals surface area contributed by atoms with Gasteiger partial charge in [-0.25, -0.2) is 19.9 Å². The monoisotopic (exact) mass is 341 g/mol. The minimum atomic E-state index is 0.176. The van der Waals surface area contributed by atoms with Crippen LogP contribution in [-0.4, -0.2) is 70.4 Å². The van der Waals surface area contributed by atoms with Crippen molar-refractivity contribution in [1.29, 1.82) is 0 Å². The molecule has 0 spiro atoms. The first-order valence-corrected chi connectivity index (χ1v) is 8.81. The summed E-state index contributed by atoms with van der Waals surface area (Å²) in [6.45, 7) is 4.60. The van der Waals surface area contributed by atoms with Crippen LogP contribution in [0.15, 0.2) is 30.9 Å². The maximum atomic E-state index is 9.54. The molecule has 2 fully saturated rings. The SMILES string of the molecule is OC[C@H]1CCCN1c1cc(N2CCN(c3ncccn3)CC2)ncn1. The average molecular weight is 341 g/mol. The van der Waals surface area contributed by atoms with Crippen LogP contribution in [0.5, 0.6) is 0 Å². The number of anilines is 3. The molecule has 2 aliphatic heterocycles. The number of hydrogen-bond acceptors (Lipinski definition) is 8. The minimum Gasteiger partial charge on any atom is -0.394 e. The van der Waals surface area contributed by atoms with Crippen molar-refractivity contribution in [1.82, 2.24) is 19.9 Å². The molecular formula is C17H23N7O. The first kappa shape index (κ1) is 16.0. The normalized spacial score (nSPS) is 21.0. The van der Waals surface area contributed by atoms with Gasteiger partial charge in [0.05, 0.1) is 12.6 Å². The molecule has 0 amide bonds. The van der Waals surface area contributed by atoms with E-state index in [1.165, 1.54) is 0 Å². The number of nitrogens with zero attached hydrogens (tertiary/aromatic N) is 7. The lowest BCUT2D eigenvalue weighted by Gasteiger charge is -2.35. The van der Waals surface area contributed by atoms with E-state index >= 15 is 0 Å². The second-order valence-corrected chi connectivity index (χ2v) is 6.43. The Morgan fingerprint density at radius 3 is 2.40 bits per heavy atom. The molecule has 0 aromatic carbocycles. The van der Waals surface area contributed by atoms with Crippen molar-refractivity contribution in [2.75, 3.05) is 54.0 Å². The third-order valence-corrected chi connectivity index (χ3v) is 4.96. The van der Waals surface area contributed by atoms with Crippen LogP contribution in [0.1, 0.15) is 12.8 Å². The van der Waals surface area contributed by atoms with Crippen molar-refractivity contribution in [3.8, 4) is 0 Å². The largest absolute Gasteiger partial charge is 0.394 e. The summed E-state index contributed by atoms with van der Waals surface area (Å²) in [6, 6.07) is 4.05. The first-order valence-electron chi connectivity index (χ1n) is 8.81. The summed E-state index contributed by atoms with van der Waals surface area (Å²) in [5, 5.41) is 9.54. The predicted octanol–water partition coefficient (Wildman–Crippen LogP) is 0.554. The van der Waals surface area contributed by atoms with Gasteiger partial charge >= 0.3 is 0 Å². The van der Waals surface area contributed by atoms with Crippen LogP contribution >= 0.6 is 0 Å². The Labute approximate surface area is 147 Å². The van der Waals surface area contributed by atoms with E-state index in [2.05, 4.69) is 34.6 Å². The van der Waals surface area contributed by atoms with Crippen molar-refractivity contribution >= 4 is 17.6 Å². The van der Waals surface area contributed by atoms with E-state index in [1.807, 2.05) is 12.1 Å². The van der Waals surface area contributed by atoms with Gasteiger partial charge in [0.25, 0.3) is 0 Å². The Morgan fingerprint density at radius 2 is 1.64 bits per heavy atom. The standard InChI is InChI=1S/C17H23N7O/c25-12-14-3-1-6-24(14)16-11-15(20-13-21-16)22-7-9-23(10-8-22)17-18-4-2-5-19-17/h2,4-5,11,13-14,25H,1,3,6-10,12H2/t14-/m1/s1. The summed E-state index contributed by atoms with van der Waals surface area (Å²) in [7, 11) is 0. The van der Waals surface area contributed by atoms with Crippen LogP contribution in [0.25, 0.3) is 0 Å². The number of aliphatic hydroxyl groups is 1. The second kappa shape index (κ2) is 7.18. The summed E-state index contributed by atoms with van der Waals surface area (Å²) < 4.78 is 0. The molecule has 4 rings (SSSR count). The number of aromatic nitrogens is 4. The third kappa shape index (κ3) is 3.34. The van der Waals surface area contributed by atoms with Crippen LogP contribution in [0.3, 0.4) is 0 Å². The molecule has 0 radical (unpaired) electrons. The Balaban J connectivity index is 1.44. The van der Waals surface area contributed by atoms with Gasteiger partial charge in [0.1, 0.15) is 18.0 Å². The highest BCUT2D eigenvalue weighted by Gasteiger charge is 2.26. The zero-order valence-electron chi connectivity index (χ0n) is 14.2. The van der Waals surface area contributed by atoms with E-state index in [1.54, 1.807) is 18.7 Å². The van der Waals surface area contributed by atoms with E-state index in [-0.39, 0.29) is 12.6 Å². The number of rotatable bonds is 4. The van der Waals surface area contributed by atoms with Gasteiger partial charge in [-0.2, -0.15) is 0 Å². The lowest BCUT2D eigenvalue weighted by molar-refractivity contribution is 0.266. The highest BCUT2D eigenvalue weighted by atomic mass is 16.3. The van der Waals surface area contributed by atoms with Gasteiger partial charge in [-0.15, -0.1) is 0 Å². The fourth-order valence-corrected chi connectivity index (χ4v) is 3.58. The minimum absolute atomic E-state index is 0.176. The smallest absolute Gasteiger partial charge is 0.225 e. The molecule has 0 saturated carbocycles. The van der Waals surface area contributed by atoms with E-state index in [0.717, 1.165) is 63.1 Å². The molecule has 2 aliphatic rings. The molecule has 132 valence electrons. The molecule has 0 aliphatic carbocycles. The van der Waals surface area contributed by atoms with E-state index in [0.29, 0.717) is 0 Å². The molecule has 2 aromatic rings. The molecule has 1 N–H and O–H groups in total. The lowest BCUT2D eigenvalue weighted by Crippen LogP contribution is -2.47. The van der Waals surface area contributed by atoms with Gasteiger partial charge in [0.15, 0.2) is 0 Å². The summed E-state index contributed by atoms with van der Waals surface area (Å²) >= 11 is 0. The molecule has 8 nitrogen and oxygen atoms in total. The van der Waals surface area contributed by atoms with Gasteiger partial charge in [0.2, 0.25) is 5.95 Å². The van der Waals surface area contributed by atoms with Gasteiger partial charge < -0.3 is 19.8 Å². The predicted molar refractivity (Wildman–Crippen MR) is 95.9 cm³/mol. The number of piperazine rings is 1. The molecule has 2 saturated heterocycles. The molecule has 8 heteroatoms. The van der Waals surface area contributed by atoms with Crippen molar-refractivity contribution in [3.63, 3.8) is 0 Å². The Bertz CT molecular complexity index is 690. The van der Waals surface area contributed by atoms with E-state index < -0.39 is 0 Å². The summed E-state index contributed by atoms with van der Waals surface area (Å²) in [5.74, 6) is 2.64. The van der Waals surface area contributed by atoms with Gasteiger partial charge in [-0.1, -0.05) is 0 Å². The fraction of sp³-hybridized carbons (Fsp3) is 0.529. The topological polar surface area (TPSA) is 81.5 Å². The van der Waals surface area contributed by atoms with Crippen LogP contribution in [0.2, 0.25) is 0 Å². The lowest BCUT2D eigenvalue weighted by atomic mass is 10.2. The Kier molecular flexibility index (Phi) is 4.60. The number of aliphatic hydroxyl groups excluding tert-OH is 1. The maximum absolute atomic E-state index is 9.54. The average Bonchev–Trinajstić information content (AvgIpc) is 3.18. The highest BCUT2D eigenvalue weighted by Crippen LogP contribution is 2.26. The van der Waals surface area contributed by atoms with Gasteiger partial charge in [-0.3, -0.25) is 0 Å². The number of hydrogen-bond donors (Lipinski definition) is 1. The maximum Gasteiger partial charge on any atom is 0.225 e. The van der Waals surface area contributed by atoms with Crippen LogP contribution < -0.4 is 14.7 Å². The van der Waals surface area contributed by atoms with Crippen molar-refractivity contribution in [3.05, 3.63) is 30.9 Å². The van der Waals surface area contributed by atoms with E-state index in [4.69, 9.17) is 0 Å². The third-order valence-electron chi connectivity index (χ3n) is 4.96. The van der Waals surface area contributed by atoms with Crippen molar-refractivity contribution in [2.24, 2.45) is 0 Å². The van der Waals surface area contributed by atoms with Crippen LogP contribution in [0.4, 0.5) is 17.6 Å². The molecular weight excluding hydrogens is 318 g/mol. The van der Waals surface area contributed by atoms with Crippen molar-refractivity contribution in [2.45, 2.75) is 18.9 Å². The molecule has 25 heavy (non-hydrogen) atoms. The van der Waals surface area contributed by atoms with E-state index in [9.17, 15) is 5.11 Å². The van der Waals surface area contributed by atoms with Crippen LogP contribution in [0, 0.1) is 0 Å². The second-order valence-electron chi connectivity index (χ2n) is 6.43. The Hall–Kier alpha value is -2.48. The molecule has 0 bridgehead atoms. The van der Waals surface area contributed by atoms with Crippen LogP contribution in [-0.2, 0) is 0 Å². The summed E-state index contributed by atoms with van der Waals surface area (Å²) in [5.41, 5.74) is 0. The van der Waals surface area contributed by atoms with Crippen molar-refractivity contribution < 1.29 is 5.11 Å².